The van der Waals surface area contributed by atoms with Gasteiger partial charge in [-0.25, -0.2) is 0 Å². The highest BCUT2D eigenvalue weighted by molar-refractivity contribution is 7.99. The average molecular weight is 308 g/mol. The molecule has 21 heavy (non-hydrogen) atoms. The van der Waals surface area contributed by atoms with E-state index in [0.29, 0.717) is 16.4 Å². The van der Waals surface area contributed by atoms with Gasteiger partial charge in [0, 0.05) is 24.7 Å². The van der Waals surface area contributed by atoms with Gasteiger partial charge >= 0.3 is 0 Å². The maximum Gasteiger partial charge on any atom is 0.283 e. The summed E-state index contributed by atoms with van der Waals surface area (Å²) in [6, 6.07) is 4.82. The Morgan fingerprint density at radius 3 is 2.67 bits per heavy atom. The molecule has 0 atom stereocenters. The van der Waals surface area contributed by atoms with E-state index in [0.717, 1.165) is 31.7 Å². The summed E-state index contributed by atoms with van der Waals surface area (Å²) in [5, 5.41) is 11.2. The first kappa shape index (κ1) is 15.8. The molecule has 0 spiro atoms. The highest BCUT2D eigenvalue weighted by Gasteiger charge is 2.24. The standard InChI is InChI=1S/C15H20N2O3S/c1-11(2)6-9-21-14-5-4-12(10-13(14)17(19)20)15(18)16-7-3-8-16/h4-5,10-11H,3,6-9H2,1-2H3. The molecule has 1 amide bonds. The molecule has 0 saturated carbocycles. The molecule has 0 bridgehead atoms. The molecule has 2 rings (SSSR count). The predicted molar refractivity (Wildman–Crippen MR) is 83.8 cm³/mol. The van der Waals surface area contributed by atoms with Crippen LogP contribution in [0.25, 0.3) is 0 Å². The molecule has 1 fully saturated rings. The van der Waals surface area contributed by atoms with Crippen LogP contribution < -0.4 is 0 Å². The van der Waals surface area contributed by atoms with Gasteiger partial charge in [-0.15, -0.1) is 11.8 Å². The van der Waals surface area contributed by atoms with E-state index < -0.39 is 4.92 Å². The summed E-state index contributed by atoms with van der Waals surface area (Å²) in [5.41, 5.74) is 0.449. The van der Waals surface area contributed by atoms with Gasteiger partial charge in [-0.2, -0.15) is 0 Å². The van der Waals surface area contributed by atoms with Crippen LogP contribution in [0.15, 0.2) is 23.1 Å². The van der Waals surface area contributed by atoms with E-state index in [4.69, 9.17) is 0 Å². The van der Waals surface area contributed by atoms with Crippen LogP contribution >= 0.6 is 11.8 Å². The lowest BCUT2D eigenvalue weighted by Crippen LogP contribution is -2.42. The zero-order valence-electron chi connectivity index (χ0n) is 12.4. The molecule has 0 aromatic heterocycles. The largest absolute Gasteiger partial charge is 0.339 e. The second-order valence-corrected chi connectivity index (χ2v) is 6.75. The Morgan fingerprint density at radius 1 is 1.43 bits per heavy atom. The van der Waals surface area contributed by atoms with E-state index in [-0.39, 0.29) is 11.6 Å². The normalized spacial score (nSPS) is 14.1. The number of nitro benzene ring substituents is 1. The van der Waals surface area contributed by atoms with Crippen molar-refractivity contribution >= 4 is 23.4 Å². The molecule has 1 saturated heterocycles. The molecule has 0 aliphatic carbocycles. The lowest BCUT2D eigenvalue weighted by Gasteiger charge is -2.30. The highest BCUT2D eigenvalue weighted by Crippen LogP contribution is 2.31. The van der Waals surface area contributed by atoms with Crippen LogP contribution in [-0.4, -0.2) is 34.6 Å². The van der Waals surface area contributed by atoms with E-state index in [9.17, 15) is 14.9 Å². The van der Waals surface area contributed by atoms with Crippen molar-refractivity contribution in [1.29, 1.82) is 0 Å². The predicted octanol–water partition coefficient (Wildman–Crippen LogP) is 3.58. The fourth-order valence-electron chi connectivity index (χ4n) is 2.02. The molecule has 1 aromatic rings. The molecular weight excluding hydrogens is 288 g/mol. The first-order valence-corrected chi connectivity index (χ1v) is 8.18. The summed E-state index contributed by atoms with van der Waals surface area (Å²) in [6.45, 7) is 5.75. The Morgan fingerprint density at radius 2 is 2.14 bits per heavy atom. The number of likely N-dealkylation sites (tertiary alicyclic amines) is 1. The van der Waals surface area contributed by atoms with Gasteiger partial charge < -0.3 is 4.90 Å². The van der Waals surface area contributed by atoms with Crippen LogP contribution in [0.4, 0.5) is 5.69 Å². The van der Waals surface area contributed by atoms with E-state index in [2.05, 4.69) is 13.8 Å². The molecular formula is C15H20N2O3S. The molecule has 0 unspecified atom stereocenters. The zero-order chi connectivity index (χ0) is 15.4. The highest BCUT2D eigenvalue weighted by atomic mass is 32.2. The van der Waals surface area contributed by atoms with Crippen molar-refractivity contribution in [3.8, 4) is 0 Å². The van der Waals surface area contributed by atoms with Gasteiger partial charge in [0.25, 0.3) is 11.6 Å². The molecule has 114 valence electrons. The summed E-state index contributed by atoms with van der Waals surface area (Å²) in [6.07, 6.45) is 2.02. The number of benzene rings is 1. The number of amides is 1. The van der Waals surface area contributed by atoms with Crippen LogP contribution in [0.5, 0.6) is 0 Å². The Hall–Kier alpha value is -1.56. The Balaban J connectivity index is 2.14. The maximum atomic E-state index is 12.1. The van der Waals surface area contributed by atoms with Crippen LogP contribution in [0.2, 0.25) is 0 Å². The van der Waals surface area contributed by atoms with Crippen LogP contribution in [0.1, 0.15) is 37.0 Å². The number of hydrogen-bond donors (Lipinski definition) is 0. The van der Waals surface area contributed by atoms with Crippen LogP contribution in [0.3, 0.4) is 0 Å². The van der Waals surface area contributed by atoms with Crippen molar-refractivity contribution in [2.24, 2.45) is 5.92 Å². The van der Waals surface area contributed by atoms with Gasteiger partial charge in [0.2, 0.25) is 0 Å². The number of nitrogens with zero attached hydrogens (tertiary/aromatic N) is 2. The van der Waals surface area contributed by atoms with Crippen molar-refractivity contribution < 1.29 is 9.72 Å². The Bertz CT molecular complexity index is 542. The number of thioether (sulfide) groups is 1. The van der Waals surface area contributed by atoms with Crippen molar-refractivity contribution in [2.45, 2.75) is 31.6 Å². The lowest BCUT2D eigenvalue weighted by molar-refractivity contribution is -0.387. The number of nitro groups is 1. The molecule has 0 N–H and O–H groups in total. The van der Waals surface area contributed by atoms with Gasteiger partial charge in [0.1, 0.15) is 0 Å². The molecule has 1 aliphatic rings. The monoisotopic (exact) mass is 308 g/mol. The number of hydrogen-bond acceptors (Lipinski definition) is 4. The minimum atomic E-state index is -0.398. The molecule has 1 aliphatic heterocycles. The Kier molecular flexibility index (Phi) is 5.22. The van der Waals surface area contributed by atoms with E-state index >= 15 is 0 Å². The Labute approximate surface area is 128 Å². The minimum absolute atomic E-state index is 0.0372. The number of carbonyl (C=O) groups excluding carboxylic acids is 1. The molecule has 5 nitrogen and oxygen atoms in total. The smallest absolute Gasteiger partial charge is 0.283 e. The summed E-state index contributed by atoms with van der Waals surface area (Å²) < 4.78 is 0. The molecule has 1 heterocycles. The third kappa shape index (κ3) is 3.97. The maximum absolute atomic E-state index is 12.1. The fraction of sp³-hybridized carbons (Fsp3) is 0.533. The summed E-state index contributed by atoms with van der Waals surface area (Å²) in [5.74, 6) is 1.31. The average Bonchev–Trinajstić information content (AvgIpc) is 2.36. The topological polar surface area (TPSA) is 63.5 Å². The lowest BCUT2D eigenvalue weighted by atomic mass is 10.1. The van der Waals surface area contributed by atoms with E-state index in [1.54, 1.807) is 17.0 Å². The van der Waals surface area contributed by atoms with Crippen molar-refractivity contribution in [2.75, 3.05) is 18.8 Å². The van der Waals surface area contributed by atoms with Gasteiger partial charge in [0.05, 0.1) is 9.82 Å². The van der Waals surface area contributed by atoms with E-state index in [1.807, 2.05) is 0 Å². The van der Waals surface area contributed by atoms with Gasteiger partial charge in [-0.1, -0.05) is 13.8 Å². The summed E-state index contributed by atoms with van der Waals surface area (Å²) >= 11 is 1.49. The molecule has 0 radical (unpaired) electrons. The SMILES string of the molecule is CC(C)CCSc1ccc(C(=O)N2CCC2)cc1[N+](=O)[O-]. The third-order valence-electron chi connectivity index (χ3n) is 3.50. The molecule has 6 heteroatoms. The van der Waals surface area contributed by atoms with Crippen molar-refractivity contribution in [3.63, 3.8) is 0 Å². The van der Waals surface area contributed by atoms with E-state index in [1.165, 1.54) is 17.8 Å². The van der Waals surface area contributed by atoms with Crippen molar-refractivity contribution in [1.82, 2.24) is 4.90 Å². The summed E-state index contributed by atoms with van der Waals surface area (Å²) in [4.78, 5) is 25.3. The van der Waals surface area contributed by atoms with Crippen LogP contribution in [-0.2, 0) is 0 Å². The quantitative estimate of drug-likeness (QED) is 0.458. The van der Waals surface area contributed by atoms with Crippen molar-refractivity contribution in [3.05, 3.63) is 33.9 Å². The number of rotatable bonds is 6. The van der Waals surface area contributed by atoms with Gasteiger partial charge in [0.15, 0.2) is 0 Å². The molecule has 1 aromatic carbocycles. The third-order valence-corrected chi connectivity index (χ3v) is 4.59. The summed E-state index contributed by atoms with van der Waals surface area (Å²) in [7, 11) is 0. The first-order valence-electron chi connectivity index (χ1n) is 7.19. The van der Waals surface area contributed by atoms with Gasteiger partial charge in [-0.3, -0.25) is 14.9 Å². The zero-order valence-corrected chi connectivity index (χ0v) is 13.2. The van der Waals surface area contributed by atoms with Crippen LogP contribution in [0, 0.1) is 16.0 Å². The second-order valence-electron chi connectivity index (χ2n) is 5.62. The first-order chi connectivity index (χ1) is 9.99. The van der Waals surface area contributed by atoms with Gasteiger partial charge in [-0.05, 0) is 36.6 Å². The second kappa shape index (κ2) is 6.93. The number of carbonyl (C=O) groups is 1. The fourth-order valence-corrected chi connectivity index (χ4v) is 3.28. The minimum Gasteiger partial charge on any atom is -0.339 e.